The molecule has 0 aromatic heterocycles. The van der Waals surface area contributed by atoms with Crippen molar-refractivity contribution in [2.45, 2.75) is 43.1 Å². The van der Waals surface area contributed by atoms with Crippen LogP contribution in [0.1, 0.15) is 30.4 Å². The molecule has 3 aliphatic rings. The summed E-state index contributed by atoms with van der Waals surface area (Å²) in [6.07, 6.45) is 5.34. The topological polar surface area (TPSA) is 80.2 Å². The van der Waals surface area contributed by atoms with Crippen LogP contribution in [0, 0.1) is 0 Å². The molecule has 4 rings (SSSR count). The molecule has 1 atom stereocenters. The first-order valence-corrected chi connectivity index (χ1v) is 11.8. The van der Waals surface area contributed by atoms with Crippen molar-refractivity contribution >= 4 is 15.9 Å². The number of piperazine rings is 1. The monoisotopic (exact) mass is 408 g/mol. The molecule has 1 amide bonds. The molecule has 2 saturated heterocycles. The number of amides is 1. The number of nitrogens with one attached hydrogen (secondary N) is 2. The van der Waals surface area contributed by atoms with E-state index in [1.54, 1.807) is 10.4 Å². The van der Waals surface area contributed by atoms with Gasteiger partial charge in [0.05, 0.1) is 37.2 Å². The van der Waals surface area contributed by atoms with Crippen LogP contribution >= 0.6 is 0 Å². The van der Waals surface area contributed by atoms with Gasteiger partial charge in [-0.1, -0.05) is 6.07 Å². The zero-order valence-electron chi connectivity index (χ0n) is 16.3. The number of quaternary nitrogens is 1. The average Bonchev–Trinajstić information content (AvgIpc) is 3.38. The maximum absolute atomic E-state index is 13.0. The maximum atomic E-state index is 13.0. The summed E-state index contributed by atoms with van der Waals surface area (Å²) in [6.45, 7) is 3.95. The Kier molecular flexibility index (Phi) is 6.01. The van der Waals surface area contributed by atoms with Crippen molar-refractivity contribution in [3.8, 4) is 0 Å². The summed E-state index contributed by atoms with van der Waals surface area (Å²) in [5.74, 6) is 0.0143. The molecule has 1 aromatic rings. The fourth-order valence-corrected chi connectivity index (χ4v) is 5.89. The Labute approximate surface area is 167 Å². The smallest absolute Gasteiger partial charge is 0.275 e. The third kappa shape index (κ3) is 4.40. The predicted octanol–water partition coefficient (Wildman–Crippen LogP) is -0.640. The standard InChI is InChI=1S/C20H29N3O4S/c24-20(21-14-18-5-2-12-27-18)15-22-8-10-23(11-9-22)28(25,26)19-7-6-16-3-1-4-17(16)13-19/h6-7,13,18H,1-5,8-12,14-15H2,(H,21,24)/p+1/t18-/m0/s1. The summed E-state index contributed by atoms with van der Waals surface area (Å²) in [5.41, 5.74) is 2.45. The number of carbonyl (C=O) groups excluding carboxylic acids is 1. The highest BCUT2D eigenvalue weighted by Crippen LogP contribution is 2.26. The molecular weight excluding hydrogens is 378 g/mol. The van der Waals surface area contributed by atoms with Gasteiger partial charge in [0.25, 0.3) is 5.91 Å². The van der Waals surface area contributed by atoms with Crippen LogP contribution in [0.25, 0.3) is 0 Å². The van der Waals surface area contributed by atoms with Crippen LogP contribution in [0.5, 0.6) is 0 Å². The molecular formula is C20H30N3O4S+. The average molecular weight is 409 g/mol. The second-order valence-electron chi connectivity index (χ2n) is 8.05. The first kappa shape index (κ1) is 19.8. The van der Waals surface area contributed by atoms with Gasteiger partial charge in [0.15, 0.2) is 6.54 Å². The zero-order chi connectivity index (χ0) is 19.6. The Bertz CT molecular complexity index is 813. The van der Waals surface area contributed by atoms with E-state index in [9.17, 15) is 13.2 Å². The highest BCUT2D eigenvalue weighted by molar-refractivity contribution is 7.89. The van der Waals surface area contributed by atoms with E-state index >= 15 is 0 Å². The van der Waals surface area contributed by atoms with Crippen molar-refractivity contribution in [1.82, 2.24) is 9.62 Å². The van der Waals surface area contributed by atoms with Gasteiger partial charge in [-0.25, -0.2) is 8.42 Å². The first-order valence-electron chi connectivity index (χ1n) is 10.4. The molecule has 1 aromatic carbocycles. The molecule has 1 aliphatic carbocycles. The molecule has 7 nitrogen and oxygen atoms in total. The zero-order valence-corrected chi connectivity index (χ0v) is 17.1. The van der Waals surface area contributed by atoms with Crippen LogP contribution in [-0.2, 0) is 32.4 Å². The van der Waals surface area contributed by atoms with Gasteiger partial charge in [-0.15, -0.1) is 0 Å². The number of hydrogen-bond acceptors (Lipinski definition) is 4. The number of ether oxygens (including phenoxy) is 1. The van der Waals surface area contributed by atoms with Crippen molar-refractivity contribution in [1.29, 1.82) is 0 Å². The molecule has 8 heteroatoms. The van der Waals surface area contributed by atoms with Gasteiger partial charge in [-0.2, -0.15) is 4.31 Å². The van der Waals surface area contributed by atoms with E-state index in [2.05, 4.69) is 5.32 Å². The van der Waals surface area contributed by atoms with E-state index in [4.69, 9.17) is 4.74 Å². The molecule has 0 radical (unpaired) electrons. The van der Waals surface area contributed by atoms with Gasteiger partial charge in [-0.3, -0.25) is 4.79 Å². The van der Waals surface area contributed by atoms with E-state index in [0.29, 0.717) is 44.2 Å². The van der Waals surface area contributed by atoms with E-state index < -0.39 is 10.0 Å². The normalized spacial score (nSPS) is 23.6. The number of carbonyl (C=O) groups is 1. The predicted molar refractivity (Wildman–Crippen MR) is 105 cm³/mol. The fourth-order valence-electron chi connectivity index (χ4n) is 4.40. The Morgan fingerprint density at radius 1 is 1.18 bits per heavy atom. The van der Waals surface area contributed by atoms with Gasteiger partial charge in [0.2, 0.25) is 10.0 Å². The van der Waals surface area contributed by atoms with Crippen molar-refractivity contribution in [3.05, 3.63) is 29.3 Å². The fraction of sp³-hybridized carbons (Fsp3) is 0.650. The summed E-state index contributed by atoms with van der Waals surface area (Å²) in [4.78, 5) is 13.7. The number of hydrogen-bond donors (Lipinski definition) is 2. The third-order valence-electron chi connectivity index (χ3n) is 6.10. The molecule has 0 spiro atoms. The van der Waals surface area contributed by atoms with Crippen molar-refractivity contribution in [2.24, 2.45) is 0 Å². The van der Waals surface area contributed by atoms with Gasteiger partial charge >= 0.3 is 0 Å². The molecule has 0 bridgehead atoms. The van der Waals surface area contributed by atoms with Gasteiger partial charge in [0, 0.05) is 13.2 Å². The van der Waals surface area contributed by atoms with Crippen LogP contribution in [-0.4, -0.2) is 70.6 Å². The summed E-state index contributed by atoms with van der Waals surface area (Å²) in [7, 11) is -3.45. The highest BCUT2D eigenvalue weighted by Gasteiger charge is 2.32. The number of benzene rings is 1. The van der Waals surface area contributed by atoms with Crippen LogP contribution in [0.2, 0.25) is 0 Å². The van der Waals surface area contributed by atoms with Crippen LogP contribution in [0.3, 0.4) is 0 Å². The van der Waals surface area contributed by atoms with Crippen LogP contribution < -0.4 is 10.2 Å². The molecule has 0 saturated carbocycles. The van der Waals surface area contributed by atoms with Crippen LogP contribution in [0.15, 0.2) is 23.1 Å². The molecule has 2 N–H and O–H groups in total. The Hall–Kier alpha value is -1.48. The summed E-state index contributed by atoms with van der Waals surface area (Å²) in [5, 5.41) is 2.95. The summed E-state index contributed by atoms with van der Waals surface area (Å²) < 4.78 is 33.1. The number of aryl methyl sites for hydroxylation is 2. The lowest BCUT2D eigenvalue weighted by Gasteiger charge is -2.31. The number of fused-ring (bicyclic) bond motifs is 1. The van der Waals surface area contributed by atoms with Crippen molar-refractivity contribution in [2.75, 3.05) is 45.9 Å². The molecule has 2 heterocycles. The second kappa shape index (κ2) is 8.49. The van der Waals surface area contributed by atoms with E-state index in [-0.39, 0.29) is 12.0 Å². The Morgan fingerprint density at radius 3 is 2.71 bits per heavy atom. The maximum Gasteiger partial charge on any atom is 0.275 e. The van der Waals surface area contributed by atoms with Gasteiger partial charge < -0.3 is 15.0 Å². The molecule has 28 heavy (non-hydrogen) atoms. The quantitative estimate of drug-likeness (QED) is 0.656. The molecule has 2 fully saturated rings. The number of sulfonamides is 1. The molecule has 0 unspecified atom stereocenters. The Morgan fingerprint density at radius 2 is 1.96 bits per heavy atom. The van der Waals surface area contributed by atoms with Crippen LogP contribution in [0.4, 0.5) is 0 Å². The minimum atomic E-state index is -3.45. The lowest BCUT2D eigenvalue weighted by molar-refractivity contribution is -0.895. The van der Waals surface area contributed by atoms with Crippen molar-refractivity contribution < 1.29 is 22.8 Å². The lowest BCUT2D eigenvalue weighted by Crippen LogP contribution is -3.15. The minimum Gasteiger partial charge on any atom is -0.376 e. The van der Waals surface area contributed by atoms with Gasteiger partial charge in [-0.05, 0) is 55.4 Å². The molecule has 154 valence electrons. The Balaban J connectivity index is 1.28. The minimum absolute atomic E-state index is 0.0143. The SMILES string of the molecule is O=C(C[NH+]1CCN(S(=O)(=O)c2ccc3c(c2)CCC3)CC1)NC[C@@H]1CCCO1. The number of nitrogens with zero attached hydrogens (tertiary/aromatic N) is 1. The molecule has 2 aliphatic heterocycles. The number of rotatable bonds is 6. The summed E-state index contributed by atoms with van der Waals surface area (Å²) >= 11 is 0. The third-order valence-corrected chi connectivity index (χ3v) is 7.99. The van der Waals surface area contributed by atoms with Gasteiger partial charge in [0.1, 0.15) is 0 Å². The second-order valence-corrected chi connectivity index (χ2v) is 9.99. The lowest BCUT2D eigenvalue weighted by atomic mass is 10.1. The van der Waals surface area contributed by atoms with Crippen molar-refractivity contribution in [3.63, 3.8) is 0 Å². The largest absolute Gasteiger partial charge is 0.376 e. The highest BCUT2D eigenvalue weighted by atomic mass is 32.2. The van der Waals surface area contributed by atoms with E-state index in [0.717, 1.165) is 43.6 Å². The van der Waals surface area contributed by atoms with E-state index in [1.165, 1.54) is 11.1 Å². The summed E-state index contributed by atoms with van der Waals surface area (Å²) in [6, 6.07) is 5.57. The van der Waals surface area contributed by atoms with E-state index in [1.807, 2.05) is 12.1 Å². The first-order chi connectivity index (χ1) is 13.5.